The minimum atomic E-state index is -0.598. The average molecular weight is 283 g/mol. The number of nitrogens with one attached hydrogen (secondary N) is 1. The number of halogens is 2. The van der Waals surface area contributed by atoms with E-state index in [-0.39, 0.29) is 40.8 Å². The summed E-state index contributed by atoms with van der Waals surface area (Å²) in [6.07, 6.45) is 5.88. The van der Waals surface area contributed by atoms with Crippen molar-refractivity contribution in [3.8, 4) is 0 Å². The first-order chi connectivity index (χ1) is 9.06. The maximum Gasteiger partial charge on any atom is 0.224 e. The number of anilines is 1. The number of primary amides is 1. The van der Waals surface area contributed by atoms with Crippen molar-refractivity contribution in [3.63, 3.8) is 0 Å². The van der Waals surface area contributed by atoms with Gasteiger partial charge in [0, 0.05) is 6.04 Å². The van der Waals surface area contributed by atoms with E-state index >= 15 is 0 Å². The van der Waals surface area contributed by atoms with Crippen LogP contribution >= 0.6 is 11.6 Å². The van der Waals surface area contributed by atoms with E-state index in [1.54, 1.807) is 0 Å². The molecule has 3 rings (SSSR count). The Morgan fingerprint density at radius 2 is 2.21 bits per heavy atom. The van der Waals surface area contributed by atoms with E-state index in [1.807, 2.05) is 12.2 Å². The predicted octanol–water partition coefficient (Wildman–Crippen LogP) is 1.36. The normalized spacial score (nSPS) is 31.7. The van der Waals surface area contributed by atoms with E-state index in [2.05, 4.69) is 15.3 Å². The number of aromatic nitrogens is 2. The number of fused-ring (bicyclic) bond motifs is 2. The Labute approximate surface area is 114 Å². The van der Waals surface area contributed by atoms with Crippen LogP contribution in [0.25, 0.3) is 0 Å². The van der Waals surface area contributed by atoms with Gasteiger partial charge in [-0.25, -0.2) is 9.37 Å². The highest BCUT2D eigenvalue weighted by Crippen LogP contribution is 2.44. The molecule has 2 unspecified atom stereocenters. The molecule has 1 heterocycles. The molecule has 0 saturated heterocycles. The second-order valence-electron chi connectivity index (χ2n) is 4.88. The molecule has 19 heavy (non-hydrogen) atoms. The topological polar surface area (TPSA) is 80.9 Å². The van der Waals surface area contributed by atoms with Crippen LogP contribution in [0.4, 0.5) is 10.2 Å². The van der Waals surface area contributed by atoms with Gasteiger partial charge in [0.1, 0.15) is 0 Å². The van der Waals surface area contributed by atoms with Gasteiger partial charge in [-0.1, -0.05) is 12.2 Å². The summed E-state index contributed by atoms with van der Waals surface area (Å²) >= 11 is 5.65. The number of nitrogens with two attached hydrogens (primary N) is 1. The molecule has 4 atom stereocenters. The van der Waals surface area contributed by atoms with Crippen LogP contribution in [-0.2, 0) is 4.79 Å². The van der Waals surface area contributed by atoms with Crippen molar-refractivity contribution in [3.05, 3.63) is 29.4 Å². The van der Waals surface area contributed by atoms with E-state index in [0.717, 1.165) is 12.6 Å². The first kappa shape index (κ1) is 12.3. The molecule has 2 bridgehead atoms. The van der Waals surface area contributed by atoms with Crippen LogP contribution < -0.4 is 11.1 Å². The second-order valence-corrected chi connectivity index (χ2v) is 5.22. The highest BCUT2D eigenvalue weighted by molar-refractivity contribution is 6.28. The smallest absolute Gasteiger partial charge is 0.224 e. The van der Waals surface area contributed by atoms with Crippen molar-refractivity contribution in [2.75, 3.05) is 5.32 Å². The van der Waals surface area contributed by atoms with E-state index in [1.165, 1.54) is 0 Å². The lowest BCUT2D eigenvalue weighted by Gasteiger charge is -2.27. The van der Waals surface area contributed by atoms with Crippen LogP contribution in [0.2, 0.25) is 5.28 Å². The number of hydrogen-bond acceptors (Lipinski definition) is 4. The first-order valence-corrected chi connectivity index (χ1v) is 6.36. The molecular formula is C12H12ClFN4O. The van der Waals surface area contributed by atoms with Crippen LogP contribution in [0.15, 0.2) is 18.3 Å². The molecule has 0 radical (unpaired) electrons. The van der Waals surface area contributed by atoms with Crippen LogP contribution in [-0.4, -0.2) is 21.9 Å². The summed E-state index contributed by atoms with van der Waals surface area (Å²) in [7, 11) is 0. The lowest BCUT2D eigenvalue weighted by atomic mass is 9.88. The Morgan fingerprint density at radius 1 is 1.47 bits per heavy atom. The highest BCUT2D eigenvalue weighted by atomic mass is 35.5. The van der Waals surface area contributed by atoms with Gasteiger partial charge in [0.2, 0.25) is 11.2 Å². The second kappa shape index (κ2) is 4.45. The van der Waals surface area contributed by atoms with Gasteiger partial charge in [-0.15, -0.1) is 0 Å². The minimum absolute atomic E-state index is 0.0113. The van der Waals surface area contributed by atoms with Gasteiger partial charge in [0.05, 0.1) is 12.1 Å². The zero-order valence-electron chi connectivity index (χ0n) is 9.88. The standard InChI is InChI=1S/C12H12ClFN4O/c13-12-16-4-7(14)11(18-12)17-9-6-2-1-5(3-6)8(9)10(15)19/h1-2,4-6,8-9H,3H2,(H2,15,19)(H,16,17,18)/t5?,6?,8-,9-/m0/s1. The van der Waals surface area contributed by atoms with Crippen LogP contribution in [0.5, 0.6) is 0 Å². The number of carbonyl (C=O) groups excluding carboxylic acids is 1. The summed E-state index contributed by atoms with van der Waals surface area (Å²) in [6, 6.07) is -0.243. The van der Waals surface area contributed by atoms with E-state index in [0.29, 0.717) is 0 Å². The molecule has 100 valence electrons. The number of amides is 1. The number of allylic oxidation sites excluding steroid dienone is 1. The Bertz CT molecular complexity index is 565. The number of nitrogens with zero attached hydrogens (tertiary/aromatic N) is 2. The molecule has 1 aromatic heterocycles. The molecule has 3 N–H and O–H groups in total. The Morgan fingerprint density at radius 3 is 2.95 bits per heavy atom. The van der Waals surface area contributed by atoms with Gasteiger partial charge in [0.15, 0.2) is 11.6 Å². The Hall–Kier alpha value is -1.69. The molecule has 0 aliphatic heterocycles. The quantitative estimate of drug-likeness (QED) is 0.648. The Kier molecular flexibility index (Phi) is 2.89. The fourth-order valence-corrected chi connectivity index (χ4v) is 3.14. The third-order valence-electron chi connectivity index (χ3n) is 3.81. The van der Waals surface area contributed by atoms with Gasteiger partial charge in [-0.2, -0.15) is 4.98 Å². The monoisotopic (exact) mass is 282 g/mol. The Balaban J connectivity index is 1.88. The summed E-state index contributed by atoms with van der Waals surface area (Å²) in [4.78, 5) is 18.9. The molecule has 2 aliphatic rings. The SMILES string of the molecule is NC(=O)[C@H]1C2C=CC(C2)[C@@H]1Nc1nc(Cl)ncc1F. The molecule has 1 saturated carbocycles. The van der Waals surface area contributed by atoms with Crippen molar-refractivity contribution in [1.82, 2.24) is 9.97 Å². The summed E-state index contributed by atoms with van der Waals surface area (Å²) in [5, 5.41) is 2.91. The minimum Gasteiger partial charge on any atom is -0.369 e. The first-order valence-electron chi connectivity index (χ1n) is 5.98. The van der Waals surface area contributed by atoms with Crippen LogP contribution in [0.3, 0.4) is 0 Å². The fourth-order valence-electron chi connectivity index (χ4n) is 3.01. The molecule has 1 amide bonds. The summed E-state index contributed by atoms with van der Waals surface area (Å²) in [5.41, 5.74) is 5.43. The van der Waals surface area contributed by atoms with Crippen molar-refractivity contribution in [2.24, 2.45) is 23.5 Å². The lowest BCUT2D eigenvalue weighted by molar-refractivity contribution is -0.122. The molecule has 7 heteroatoms. The van der Waals surface area contributed by atoms with Crippen LogP contribution in [0, 0.1) is 23.6 Å². The zero-order chi connectivity index (χ0) is 13.6. The van der Waals surface area contributed by atoms with Crippen LogP contribution in [0.1, 0.15) is 6.42 Å². The van der Waals surface area contributed by atoms with Gasteiger partial charge < -0.3 is 11.1 Å². The molecule has 1 aromatic rings. The van der Waals surface area contributed by atoms with Crippen molar-refractivity contribution in [1.29, 1.82) is 0 Å². The van der Waals surface area contributed by atoms with Gasteiger partial charge in [-0.3, -0.25) is 4.79 Å². The third-order valence-corrected chi connectivity index (χ3v) is 3.99. The number of carbonyl (C=O) groups is 1. The average Bonchev–Trinajstić information content (AvgIpc) is 2.94. The summed E-state index contributed by atoms with van der Waals surface area (Å²) in [6.45, 7) is 0. The predicted molar refractivity (Wildman–Crippen MR) is 67.8 cm³/mol. The molecule has 2 aliphatic carbocycles. The number of hydrogen-bond donors (Lipinski definition) is 2. The van der Waals surface area contributed by atoms with Gasteiger partial charge in [-0.05, 0) is 29.9 Å². The number of rotatable bonds is 3. The third kappa shape index (κ3) is 2.06. The zero-order valence-corrected chi connectivity index (χ0v) is 10.6. The maximum absolute atomic E-state index is 13.6. The maximum atomic E-state index is 13.6. The molecule has 0 spiro atoms. The summed E-state index contributed by atoms with van der Waals surface area (Å²) in [5.74, 6) is -1.02. The molecule has 1 fully saturated rings. The lowest BCUT2D eigenvalue weighted by Crippen LogP contribution is -2.41. The molecule has 0 aromatic carbocycles. The van der Waals surface area contributed by atoms with Crippen molar-refractivity contribution < 1.29 is 9.18 Å². The van der Waals surface area contributed by atoms with Gasteiger partial charge in [0.25, 0.3) is 0 Å². The fraction of sp³-hybridized carbons (Fsp3) is 0.417. The van der Waals surface area contributed by atoms with Crippen molar-refractivity contribution in [2.45, 2.75) is 12.5 Å². The molecule has 5 nitrogen and oxygen atoms in total. The van der Waals surface area contributed by atoms with E-state index in [4.69, 9.17) is 17.3 Å². The van der Waals surface area contributed by atoms with E-state index in [9.17, 15) is 9.18 Å². The molecular weight excluding hydrogens is 271 g/mol. The van der Waals surface area contributed by atoms with Crippen molar-refractivity contribution >= 4 is 23.3 Å². The highest BCUT2D eigenvalue weighted by Gasteiger charge is 2.47. The summed E-state index contributed by atoms with van der Waals surface area (Å²) < 4.78 is 13.6. The van der Waals surface area contributed by atoms with Gasteiger partial charge >= 0.3 is 0 Å². The largest absolute Gasteiger partial charge is 0.369 e. The van der Waals surface area contributed by atoms with E-state index < -0.39 is 5.82 Å².